The number of hydrogen-bond donors (Lipinski definition) is 0. The van der Waals surface area contributed by atoms with Gasteiger partial charge in [-0.25, -0.2) is 8.42 Å². The Morgan fingerprint density at radius 3 is 2.42 bits per heavy atom. The van der Waals surface area contributed by atoms with Crippen LogP contribution in [0.15, 0.2) is 47.4 Å². The zero-order valence-corrected chi connectivity index (χ0v) is 18.2. The molecule has 2 aliphatic rings. The zero-order chi connectivity index (χ0) is 22.2. The van der Waals surface area contributed by atoms with Crippen LogP contribution >= 0.6 is 0 Å². The van der Waals surface area contributed by atoms with Crippen LogP contribution in [-0.2, 0) is 27.8 Å². The maximum atomic E-state index is 13.1. The van der Waals surface area contributed by atoms with Crippen molar-refractivity contribution in [1.82, 2.24) is 9.21 Å². The number of sulfonamides is 1. The molecule has 0 radical (unpaired) electrons. The maximum absolute atomic E-state index is 13.1. The molecule has 0 bridgehead atoms. The van der Waals surface area contributed by atoms with E-state index in [1.807, 2.05) is 23.1 Å². The average Bonchev–Trinajstić information content (AvgIpc) is 2.78. The van der Waals surface area contributed by atoms with E-state index in [0.717, 1.165) is 12.5 Å². The first-order valence-electron chi connectivity index (χ1n) is 10.4. The molecule has 0 atom stereocenters. The highest BCUT2D eigenvalue weighted by Gasteiger charge is 2.35. The van der Waals surface area contributed by atoms with Gasteiger partial charge in [-0.2, -0.15) is 4.31 Å². The number of carbonyl (C=O) groups is 1. The molecule has 0 aromatic heterocycles. The first-order chi connectivity index (χ1) is 14.8. The van der Waals surface area contributed by atoms with Gasteiger partial charge in [0.15, 0.2) is 0 Å². The highest BCUT2D eigenvalue weighted by atomic mass is 32.2. The summed E-state index contributed by atoms with van der Waals surface area (Å²) < 4.78 is 27.6. The Labute approximate surface area is 181 Å². The van der Waals surface area contributed by atoms with Crippen molar-refractivity contribution in [2.75, 3.05) is 19.6 Å². The predicted molar refractivity (Wildman–Crippen MR) is 115 cm³/mol. The number of amides is 1. The highest BCUT2D eigenvalue weighted by Crippen LogP contribution is 2.30. The molecular weight excluding hydrogens is 418 g/mol. The summed E-state index contributed by atoms with van der Waals surface area (Å²) in [5.41, 5.74) is 2.67. The van der Waals surface area contributed by atoms with E-state index in [1.54, 1.807) is 6.92 Å². The molecule has 0 N–H and O–H groups in total. The van der Waals surface area contributed by atoms with Gasteiger partial charge in [-0.1, -0.05) is 30.3 Å². The average molecular weight is 444 g/mol. The predicted octanol–water partition coefficient (Wildman–Crippen LogP) is 2.89. The van der Waals surface area contributed by atoms with Crippen LogP contribution < -0.4 is 0 Å². The fraction of sp³-hybridized carbons (Fsp3) is 0.409. The molecule has 1 amide bonds. The van der Waals surface area contributed by atoms with Crippen molar-refractivity contribution < 1.29 is 18.1 Å². The van der Waals surface area contributed by atoms with Crippen LogP contribution in [0.4, 0.5) is 5.69 Å². The van der Waals surface area contributed by atoms with Crippen LogP contribution in [0.3, 0.4) is 0 Å². The minimum atomic E-state index is -3.86. The van der Waals surface area contributed by atoms with Crippen LogP contribution in [0.5, 0.6) is 0 Å². The van der Waals surface area contributed by atoms with Gasteiger partial charge in [-0.3, -0.25) is 14.9 Å². The first kappa shape index (κ1) is 21.5. The second-order valence-electron chi connectivity index (χ2n) is 8.16. The quantitative estimate of drug-likeness (QED) is 0.534. The second kappa shape index (κ2) is 8.39. The lowest BCUT2D eigenvalue weighted by Crippen LogP contribution is -2.45. The number of nitro groups is 1. The van der Waals surface area contributed by atoms with Gasteiger partial charge in [-0.05, 0) is 42.9 Å². The Morgan fingerprint density at radius 1 is 1.06 bits per heavy atom. The third-order valence-corrected chi connectivity index (χ3v) is 8.29. The lowest BCUT2D eigenvalue weighted by atomic mass is 9.94. The lowest BCUT2D eigenvalue weighted by molar-refractivity contribution is -0.385. The smallest absolute Gasteiger partial charge is 0.270 e. The minimum absolute atomic E-state index is 0.0425. The molecule has 0 saturated carbocycles. The van der Waals surface area contributed by atoms with Crippen LogP contribution in [0.1, 0.15) is 29.5 Å². The summed E-state index contributed by atoms with van der Waals surface area (Å²) in [4.78, 5) is 25.4. The molecule has 1 fully saturated rings. The van der Waals surface area contributed by atoms with Crippen LogP contribution in [0, 0.1) is 23.0 Å². The number of nitro benzene ring substituents is 1. The monoisotopic (exact) mass is 443 g/mol. The molecule has 31 heavy (non-hydrogen) atoms. The van der Waals surface area contributed by atoms with Crippen molar-refractivity contribution in [3.63, 3.8) is 0 Å². The standard InChI is InChI=1S/C22H25N3O5S/c1-16-6-7-20(25(27)28)14-21(16)31(29,30)24-12-9-18(10-13-24)22(26)23-11-8-17-4-2-3-5-19(17)15-23/h2-7,14,18H,8-13,15H2,1H3. The third kappa shape index (κ3) is 4.20. The van der Waals surface area contributed by atoms with E-state index in [-0.39, 0.29) is 35.5 Å². The van der Waals surface area contributed by atoms with Crippen LogP contribution in [-0.4, -0.2) is 48.1 Å². The number of aryl methyl sites for hydroxylation is 1. The minimum Gasteiger partial charge on any atom is -0.338 e. The van der Waals surface area contributed by atoms with Crippen molar-refractivity contribution in [3.05, 3.63) is 69.3 Å². The summed E-state index contributed by atoms with van der Waals surface area (Å²) >= 11 is 0. The molecule has 4 rings (SSSR count). The number of hydrogen-bond acceptors (Lipinski definition) is 5. The Morgan fingerprint density at radius 2 is 1.74 bits per heavy atom. The van der Waals surface area contributed by atoms with E-state index in [9.17, 15) is 23.3 Å². The number of non-ortho nitro benzene ring substituents is 1. The van der Waals surface area contributed by atoms with E-state index < -0.39 is 14.9 Å². The fourth-order valence-electron chi connectivity index (χ4n) is 4.40. The number of carbonyl (C=O) groups excluding carboxylic acids is 1. The second-order valence-corrected chi connectivity index (χ2v) is 10.1. The fourth-order valence-corrected chi connectivity index (χ4v) is 6.12. The summed E-state index contributed by atoms with van der Waals surface area (Å²) in [7, 11) is -3.86. The highest BCUT2D eigenvalue weighted by molar-refractivity contribution is 7.89. The molecule has 1 saturated heterocycles. The van der Waals surface area contributed by atoms with E-state index in [4.69, 9.17) is 0 Å². The van der Waals surface area contributed by atoms with Gasteiger partial charge < -0.3 is 4.90 Å². The van der Waals surface area contributed by atoms with Crippen molar-refractivity contribution in [1.29, 1.82) is 0 Å². The molecule has 0 spiro atoms. The number of nitrogens with zero attached hydrogens (tertiary/aromatic N) is 3. The first-order valence-corrected chi connectivity index (χ1v) is 11.8. The van der Waals surface area contributed by atoms with Gasteiger partial charge in [-0.15, -0.1) is 0 Å². The number of fused-ring (bicyclic) bond motifs is 1. The van der Waals surface area contributed by atoms with Crippen molar-refractivity contribution in [3.8, 4) is 0 Å². The van der Waals surface area contributed by atoms with Gasteiger partial charge in [0.05, 0.1) is 9.82 Å². The largest absolute Gasteiger partial charge is 0.338 e. The van der Waals surface area contributed by atoms with Crippen molar-refractivity contribution in [2.24, 2.45) is 5.92 Å². The number of rotatable bonds is 4. The third-order valence-electron chi connectivity index (χ3n) is 6.25. The number of piperidine rings is 1. The molecule has 2 aromatic carbocycles. The Kier molecular flexibility index (Phi) is 5.81. The summed E-state index contributed by atoms with van der Waals surface area (Å²) in [5, 5.41) is 11.1. The van der Waals surface area contributed by atoms with Gasteiger partial charge in [0, 0.05) is 44.2 Å². The summed E-state index contributed by atoms with van der Waals surface area (Å²) in [5.74, 6) is -0.124. The maximum Gasteiger partial charge on any atom is 0.270 e. The van der Waals surface area contributed by atoms with E-state index in [0.29, 0.717) is 31.5 Å². The summed E-state index contributed by atoms with van der Waals surface area (Å²) in [6, 6.07) is 12.0. The Balaban J connectivity index is 1.43. The molecule has 2 heterocycles. The van der Waals surface area contributed by atoms with Gasteiger partial charge >= 0.3 is 0 Å². The molecule has 2 aromatic rings. The van der Waals surface area contributed by atoms with Crippen LogP contribution in [0.2, 0.25) is 0 Å². The zero-order valence-electron chi connectivity index (χ0n) is 17.4. The summed E-state index contributed by atoms with van der Waals surface area (Å²) in [6.07, 6.45) is 1.73. The molecule has 0 unspecified atom stereocenters. The molecule has 8 nitrogen and oxygen atoms in total. The Bertz CT molecular complexity index is 1120. The summed E-state index contributed by atoms with van der Waals surface area (Å²) in [6.45, 7) is 3.36. The topological polar surface area (TPSA) is 101 Å². The van der Waals surface area contributed by atoms with Gasteiger partial charge in [0.2, 0.25) is 15.9 Å². The van der Waals surface area contributed by atoms with Crippen molar-refractivity contribution >= 4 is 21.6 Å². The van der Waals surface area contributed by atoms with Gasteiger partial charge in [0.1, 0.15) is 0 Å². The Hall–Kier alpha value is -2.78. The van der Waals surface area contributed by atoms with Crippen LogP contribution in [0.25, 0.3) is 0 Å². The molecule has 9 heteroatoms. The van der Waals surface area contributed by atoms with E-state index in [1.165, 1.54) is 27.6 Å². The lowest BCUT2D eigenvalue weighted by Gasteiger charge is -2.35. The molecular formula is C22H25N3O5S. The molecule has 0 aliphatic carbocycles. The molecule has 164 valence electrons. The van der Waals surface area contributed by atoms with E-state index in [2.05, 4.69) is 6.07 Å². The van der Waals surface area contributed by atoms with Gasteiger partial charge in [0.25, 0.3) is 5.69 Å². The SMILES string of the molecule is Cc1ccc([N+](=O)[O-])cc1S(=O)(=O)N1CCC(C(=O)N2CCc3ccccc3C2)CC1. The van der Waals surface area contributed by atoms with Crippen molar-refractivity contribution in [2.45, 2.75) is 37.6 Å². The number of benzene rings is 2. The molecule has 2 aliphatic heterocycles. The van der Waals surface area contributed by atoms with E-state index >= 15 is 0 Å². The normalized spacial score (nSPS) is 17.9.